The van der Waals surface area contributed by atoms with Gasteiger partial charge in [-0.3, -0.25) is 4.79 Å². The number of ketones is 1. The van der Waals surface area contributed by atoms with Crippen molar-refractivity contribution >= 4 is 16.8 Å². The first-order valence-corrected chi connectivity index (χ1v) is 6.02. The topological polar surface area (TPSA) is 67.5 Å². The Balaban J connectivity index is 2.22. The highest BCUT2D eigenvalue weighted by molar-refractivity contribution is 6.10. The standard InChI is InChI=1S/C16H10O4/c17-13-7-4-8-14-11(13)9-12(16(19)20-14)15(18)10-5-2-1-3-6-10/h1-9,17H. The maximum absolute atomic E-state index is 12.3. The fourth-order valence-corrected chi connectivity index (χ4v) is 2.03. The molecular weight excluding hydrogens is 256 g/mol. The smallest absolute Gasteiger partial charge is 0.347 e. The second-order valence-corrected chi connectivity index (χ2v) is 4.33. The van der Waals surface area contributed by atoms with Crippen LogP contribution >= 0.6 is 0 Å². The van der Waals surface area contributed by atoms with Gasteiger partial charge in [0.2, 0.25) is 0 Å². The third kappa shape index (κ3) is 1.97. The van der Waals surface area contributed by atoms with Crippen molar-refractivity contribution in [2.24, 2.45) is 0 Å². The molecule has 4 nitrogen and oxygen atoms in total. The van der Waals surface area contributed by atoms with Gasteiger partial charge in [0, 0.05) is 5.56 Å². The van der Waals surface area contributed by atoms with Gasteiger partial charge in [-0.05, 0) is 18.2 Å². The van der Waals surface area contributed by atoms with Crippen molar-refractivity contribution in [3.05, 3.63) is 76.1 Å². The molecule has 0 atom stereocenters. The minimum atomic E-state index is -0.711. The molecule has 1 aromatic heterocycles. The van der Waals surface area contributed by atoms with E-state index in [1.807, 2.05) is 0 Å². The summed E-state index contributed by atoms with van der Waals surface area (Å²) in [4.78, 5) is 24.2. The summed E-state index contributed by atoms with van der Waals surface area (Å²) in [6.07, 6.45) is 0. The SMILES string of the molecule is O=C(c1ccccc1)c1cc2c(O)cccc2oc1=O. The average Bonchev–Trinajstić information content (AvgIpc) is 2.47. The lowest BCUT2D eigenvalue weighted by Crippen LogP contribution is -2.14. The van der Waals surface area contributed by atoms with Crippen LogP contribution in [-0.2, 0) is 0 Å². The fraction of sp³-hybridized carbons (Fsp3) is 0. The van der Waals surface area contributed by atoms with Gasteiger partial charge in [-0.1, -0.05) is 36.4 Å². The van der Waals surface area contributed by atoms with E-state index in [0.29, 0.717) is 10.9 Å². The minimum Gasteiger partial charge on any atom is -0.507 e. The van der Waals surface area contributed by atoms with E-state index in [9.17, 15) is 14.7 Å². The van der Waals surface area contributed by atoms with Crippen LogP contribution < -0.4 is 5.63 Å². The lowest BCUT2D eigenvalue weighted by atomic mass is 10.0. The molecule has 98 valence electrons. The summed E-state index contributed by atoms with van der Waals surface area (Å²) in [7, 11) is 0. The molecule has 0 saturated carbocycles. The molecule has 0 unspecified atom stereocenters. The molecule has 0 aliphatic rings. The number of rotatable bonds is 2. The molecule has 0 saturated heterocycles. The van der Waals surface area contributed by atoms with Crippen LogP contribution in [0.5, 0.6) is 5.75 Å². The van der Waals surface area contributed by atoms with Gasteiger partial charge in [-0.15, -0.1) is 0 Å². The van der Waals surface area contributed by atoms with Crippen molar-refractivity contribution in [2.45, 2.75) is 0 Å². The number of carbonyl (C=O) groups excluding carboxylic acids is 1. The van der Waals surface area contributed by atoms with Crippen molar-refractivity contribution in [1.82, 2.24) is 0 Å². The quantitative estimate of drug-likeness (QED) is 0.572. The minimum absolute atomic E-state index is 0.0339. The summed E-state index contributed by atoms with van der Waals surface area (Å²) in [6.45, 7) is 0. The zero-order chi connectivity index (χ0) is 14.1. The Morgan fingerprint density at radius 3 is 2.50 bits per heavy atom. The molecule has 0 bridgehead atoms. The summed E-state index contributed by atoms with van der Waals surface area (Å²) in [5.41, 5.74) is -0.156. The highest BCUT2D eigenvalue weighted by Gasteiger charge is 2.16. The van der Waals surface area contributed by atoms with E-state index in [-0.39, 0.29) is 16.9 Å². The molecule has 4 heteroatoms. The van der Waals surface area contributed by atoms with Gasteiger partial charge in [0.25, 0.3) is 0 Å². The number of aromatic hydroxyl groups is 1. The molecule has 20 heavy (non-hydrogen) atoms. The average molecular weight is 266 g/mol. The van der Waals surface area contributed by atoms with E-state index in [1.165, 1.54) is 12.1 Å². The van der Waals surface area contributed by atoms with Gasteiger partial charge < -0.3 is 9.52 Å². The van der Waals surface area contributed by atoms with Gasteiger partial charge in [-0.2, -0.15) is 0 Å². The van der Waals surface area contributed by atoms with Crippen molar-refractivity contribution in [2.75, 3.05) is 0 Å². The summed E-state index contributed by atoms with van der Waals surface area (Å²) < 4.78 is 5.08. The number of phenols is 1. The fourth-order valence-electron chi connectivity index (χ4n) is 2.03. The Kier molecular flexibility index (Phi) is 2.84. The second kappa shape index (κ2) is 4.66. The van der Waals surface area contributed by atoms with Crippen molar-refractivity contribution in [1.29, 1.82) is 0 Å². The maximum atomic E-state index is 12.3. The maximum Gasteiger partial charge on any atom is 0.347 e. The van der Waals surface area contributed by atoms with Crippen LogP contribution in [0.25, 0.3) is 11.0 Å². The number of phenolic OH excluding ortho intramolecular Hbond substituents is 1. The van der Waals surface area contributed by atoms with Crippen LogP contribution in [0.3, 0.4) is 0 Å². The summed E-state index contributed by atoms with van der Waals surface area (Å²) >= 11 is 0. The molecule has 2 aromatic carbocycles. The predicted molar refractivity (Wildman–Crippen MR) is 74.0 cm³/mol. The predicted octanol–water partition coefficient (Wildman–Crippen LogP) is 2.73. The highest BCUT2D eigenvalue weighted by Crippen LogP contribution is 2.24. The Bertz CT molecular complexity index is 847. The summed E-state index contributed by atoms with van der Waals surface area (Å²) in [6, 6.07) is 14.4. The number of hydrogen-bond acceptors (Lipinski definition) is 4. The normalized spacial score (nSPS) is 10.6. The molecular formula is C16H10O4. The summed E-state index contributed by atoms with van der Waals surface area (Å²) in [5.74, 6) is -0.460. The van der Waals surface area contributed by atoms with Gasteiger partial charge in [0.15, 0.2) is 5.78 Å². The number of fused-ring (bicyclic) bond motifs is 1. The molecule has 0 amide bonds. The lowest BCUT2D eigenvalue weighted by molar-refractivity contribution is 0.103. The number of benzene rings is 2. The van der Waals surface area contributed by atoms with E-state index in [1.54, 1.807) is 42.5 Å². The number of hydrogen-bond donors (Lipinski definition) is 1. The Labute approximate surface area is 113 Å². The largest absolute Gasteiger partial charge is 0.507 e. The molecule has 1 heterocycles. The first-order chi connectivity index (χ1) is 9.66. The van der Waals surface area contributed by atoms with Crippen molar-refractivity contribution < 1.29 is 14.3 Å². The molecule has 0 spiro atoms. The molecule has 3 rings (SSSR count). The van der Waals surface area contributed by atoms with Crippen LogP contribution in [0.4, 0.5) is 0 Å². The highest BCUT2D eigenvalue weighted by atomic mass is 16.4. The summed E-state index contributed by atoms with van der Waals surface area (Å²) in [5, 5.41) is 10.1. The zero-order valence-corrected chi connectivity index (χ0v) is 10.4. The lowest BCUT2D eigenvalue weighted by Gasteiger charge is -2.03. The molecule has 3 aromatic rings. The van der Waals surface area contributed by atoms with E-state index < -0.39 is 11.4 Å². The molecule has 0 aliphatic carbocycles. The van der Waals surface area contributed by atoms with Crippen LogP contribution in [0.2, 0.25) is 0 Å². The van der Waals surface area contributed by atoms with E-state index >= 15 is 0 Å². The van der Waals surface area contributed by atoms with Crippen LogP contribution in [-0.4, -0.2) is 10.9 Å². The molecule has 0 fully saturated rings. The van der Waals surface area contributed by atoms with Gasteiger partial charge in [0.1, 0.15) is 16.9 Å². The monoisotopic (exact) mass is 266 g/mol. The van der Waals surface area contributed by atoms with Crippen LogP contribution in [0.15, 0.2) is 63.8 Å². The Morgan fingerprint density at radius 2 is 1.75 bits per heavy atom. The van der Waals surface area contributed by atoms with Gasteiger partial charge >= 0.3 is 5.63 Å². The van der Waals surface area contributed by atoms with E-state index in [0.717, 1.165) is 0 Å². The van der Waals surface area contributed by atoms with Crippen LogP contribution in [0.1, 0.15) is 15.9 Å². The third-order valence-electron chi connectivity index (χ3n) is 3.03. The number of carbonyl (C=O) groups is 1. The molecule has 0 radical (unpaired) electrons. The first kappa shape index (κ1) is 12.2. The molecule has 1 N–H and O–H groups in total. The van der Waals surface area contributed by atoms with Crippen molar-refractivity contribution in [3.8, 4) is 5.75 Å². The second-order valence-electron chi connectivity index (χ2n) is 4.33. The van der Waals surface area contributed by atoms with Crippen molar-refractivity contribution in [3.63, 3.8) is 0 Å². The zero-order valence-electron chi connectivity index (χ0n) is 10.4. The van der Waals surface area contributed by atoms with E-state index in [2.05, 4.69) is 0 Å². The van der Waals surface area contributed by atoms with Gasteiger partial charge in [0.05, 0.1) is 5.39 Å². The first-order valence-electron chi connectivity index (χ1n) is 6.02. The van der Waals surface area contributed by atoms with E-state index in [4.69, 9.17) is 4.42 Å². The third-order valence-corrected chi connectivity index (χ3v) is 3.03. The molecule has 0 aliphatic heterocycles. The van der Waals surface area contributed by atoms with Gasteiger partial charge in [-0.25, -0.2) is 4.79 Å². The Hall–Kier alpha value is -2.88. The Morgan fingerprint density at radius 1 is 1.00 bits per heavy atom. The van der Waals surface area contributed by atoms with Crippen LogP contribution in [0, 0.1) is 0 Å².